The summed E-state index contributed by atoms with van der Waals surface area (Å²) in [5.41, 5.74) is 3.51. The molecule has 0 saturated heterocycles. The Morgan fingerprint density at radius 3 is 2.33 bits per heavy atom. The van der Waals surface area contributed by atoms with Crippen molar-refractivity contribution in [3.63, 3.8) is 0 Å². The van der Waals surface area contributed by atoms with Crippen molar-refractivity contribution < 1.29 is 9.53 Å². The van der Waals surface area contributed by atoms with E-state index in [1.807, 2.05) is 60.1 Å². The van der Waals surface area contributed by atoms with Gasteiger partial charge in [0, 0.05) is 18.2 Å². The summed E-state index contributed by atoms with van der Waals surface area (Å²) in [5, 5.41) is 0. The topological polar surface area (TPSA) is 44.1 Å². The molecule has 4 heteroatoms. The van der Waals surface area contributed by atoms with Crippen molar-refractivity contribution >= 4 is 6.29 Å². The van der Waals surface area contributed by atoms with Gasteiger partial charge in [0.15, 0.2) is 12.1 Å². The van der Waals surface area contributed by atoms with Crippen LogP contribution in [-0.4, -0.2) is 15.8 Å². The molecular formula is C17H12N2O2. The van der Waals surface area contributed by atoms with Crippen LogP contribution in [0.4, 0.5) is 0 Å². The lowest BCUT2D eigenvalue weighted by atomic mass is 10.1. The summed E-state index contributed by atoms with van der Waals surface area (Å²) in [5.74, 6) is 1.93. The maximum Gasteiger partial charge on any atom is 0.185 e. The standard InChI is InChI=1S/C17H12N2O2/c1-19-15(10-20)18-16-11-6-2-4-8-13(11)21-14-9-5-3-7-12(14)17(16)19/h2-10H,1H3. The van der Waals surface area contributed by atoms with Crippen LogP contribution in [0.15, 0.2) is 48.5 Å². The van der Waals surface area contributed by atoms with Crippen molar-refractivity contribution in [3.05, 3.63) is 54.4 Å². The van der Waals surface area contributed by atoms with Crippen molar-refractivity contribution in [1.82, 2.24) is 9.55 Å². The predicted molar refractivity (Wildman–Crippen MR) is 79.5 cm³/mol. The van der Waals surface area contributed by atoms with Crippen LogP contribution in [0.1, 0.15) is 10.6 Å². The number of aromatic nitrogens is 2. The van der Waals surface area contributed by atoms with E-state index in [0.717, 1.165) is 40.3 Å². The van der Waals surface area contributed by atoms with Crippen LogP contribution >= 0.6 is 0 Å². The fraction of sp³-hybridized carbons (Fsp3) is 0.0588. The Balaban J connectivity index is 2.16. The van der Waals surface area contributed by atoms with Crippen molar-refractivity contribution in [2.24, 2.45) is 7.05 Å². The molecule has 0 spiro atoms. The number of carbonyl (C=O) groups excluding carboxylic acids is 1. The zero-order valence-corrected chi connectivity index (χ0v) is 11.4. The zero-order valence-electron chi connectivity index (χ0n) is 11.4. The van der Waals surface area contributed by atoms with Crippen LogP contribution in [0, 0.1) is 0 Å². The van der Waals surface area contributed by atoms with Gasteiger partial charge in [-0.2, -0.15) is 0 Å². The Hall–Kier alpha value is -2.88. The number of ether oxygens (including phenoxy) is 1. The van der Waals surface area contributed by atoms with Crippen molar-refractivity contribution in [2.75, 3.05) is 0 Å². The zero-order chi connectivity index (χ0) is 14.4. The Bertz CT molecular complexity index is 865. The van der Waals surface area contributed by atoms with Gasteiger partial charge in [-0.15, -0.1) is 0 Å². The van der Waals surface area contributed by atoms with Crippen molar-refractivity contribution in [1.29, 1.82) is 0 Å². The smallest absolute Gasteiger partial charge is 0.185 e. The Morgan fingerprint density at radius 1 is 1.00 bits per heavy atom. The number of para-hydroxylation sites is 2. The molecule has 0 atom stereocenters. The second-order valence-electron chi connectivity index (χ2n) is 4.94. The summed E-state index contributed by atoms with van der Waals surface area (Å²) < 4.78 is 7.84. The third kappa shape index (κ3) is 1.62. The molecule has 0 radical (unpaired) electrons. The second kappa shape index (κ2) is 4.31. The van der Waals surface area contributed by atoms with Crippen LogP contribution < -0.4 is 4.74 Å². The number of imidazole rings is 1. The van der Waals surface area contributed by atoms with Gasteiger partial charge in [0.25, 0.3) is 0 Å². The fourth-order valence-electron chi connectivity index (χ4n) is 2.74. The fourth-order valence-corrected chi connectivity index (χ4v) is 2.74. The highest BCUT2D eigenvalue weighted by atomic mass is 16.5. The average molecular weight is 276 g/mol. The third-order valence-electron chi connectivity index (χ3n) is 3.74. The van der Waals surface area contributed by atoms with Gasteiger partial charge in [0.05, 0.1) is 5.69 Å². The van der Waals surface area contributed by atoms with E-state index in [2.05, 4.69) is 4.98 Å². The minimum Gasteiger partial charge on any atom is -0.456 e. The number of nitrogens with zero attached hydrogens (tertiary/aromatic N) is 2. The van der Waals surface area contributed by atoms with Gasteiger partial charge in [0.2, 0.25) is 0 Å². The second-order valence-corrected chi connectivity index (χ2v) is 4.94. The van der Waals surface area contributed by atoms with Gasteiger partial charge >= 0.3 is 0 Å². The maximum atomic E-state index is 11.2. The number of carbonyl (C=O) groups is 1. The molecule has 4 nitrogen and oxygen atoms in total. The van der Waals surface area contributed by atoms with Crippen molar-refractivity contribution in [2.45, 2.75) is 0 Å². The quantitative estimate of drug-likeness (QED) is 0.498. The largest absolute Gasteiger partial charge is 0.456 e. The summed E-state index contributed by atoms with van der Waals surface area (Å²) in [4.78, 5) is 15.7. The molecule has 102 valence electrons. The highest BCUT2D eigenvalue weighted by Crippen LogP contribution is 2.45. The lowest BCUT2D eigenvalue weighted by Gasteiger charge is -2.09. The van der Waals surface area contributed by atoms with Gasteiger partial charge in [-0.05, 0) is 24.3 Å². The Morgan fingerprint density at radius 2 is 1.62 bits per heavy atom. The Kier molecular flexibility index (Phi) is 2.44. The van der Waals surface area contributed by atoms with Crippen LogP contribution in [0.3, 0.4) is 0 Å². The van der Waals surface area contributed by atoms with Crippen LogP contribution in [0.5, 0.6) is 11.5 Å². The van der Waals surface area contributed by atoms with Gasteiger partial charge in [-0.3, -0.25) is 4.79 Å². The molecule has 21 heavy (non-hydrogen) atoms. The monoisotopic (exact) mass is 276 g/mol. The number of benzene rings is 2. The molecule has 1 aliphatic rings. The SMILES string of the molecule is Cn1c(C=O)nc2c1-c1ccccc1Oc1ccccc1-2. The average Bonchev–Trinajstić information content (AvgIpc) is 2.77. The predicted octanol–water partition coefficient (Wildman–Crippen LogP) is 3.67. The summed E-state index contributed by atoms with van der Waals surface area (Å²) in [6.07, 6.45) is 0.778. The molecule has 2 heterocycles. The number of aldehydes is 1. The molecule has 0 saturated carbocycles. The molecule has 0 bridgehead atoms. The summed E-state index contributed by atoms with van der Waals surface area (Å²) in [6, 6.07) is 15.5. The number of fused-ring (bicyclic) bond motifs is 5. The van der Waals surface area contributed by atoms with Crippen molar-refractivity contribution in [3.8, 4) is 34.0 Å². The van der Waals surface area contributed by atoms with Crippen LogP contribution in [-0.2, 0) is 7.05 Å². The number of hydrogen-bond acceptors (Lipinski definition) is 3. The maximum absolute atomic E-state index is 11.2. The van der Waals surface area contributed by atoms with Gasteiger partial charge in [-0.1, -0.05) is 24.3 Å². The molecule has 3 aromatic rings. The number of rotatable bonds is 1. The lowest BCUT2D eigenvalue weighted by molar-refractivity contribution is 0.111. The van der Waals surface area contributed by atoms with E-state index in [4.69, 9.17) is 4.74 Å². The van der Waals surface area contributed by atoms with E-state index in [-0.39, 0.29) is 0 Å². The van der Waals surface area contributed by atoms with E-state index < -0.39 is 0 Å². The summed E-state index contributed by atoms with van der Waals surface area (Å²) >= 11 is 0. The highest BCUT2D eigenvalue weighted by molar-refractivity contribution is 5.89. The molecule has 0 amide bonds. The first-order chi connectivity index (χ1) is 10.3. The molecule has 1 aliphatic heterocycles. The lowest BCUT2D eigenvalue weighted by Crippen LogP contribution is -1.98. The Labute approximate surface area is 121 Å². The third-order valence-corrected chi connectivity index (χ3v) is 3.74. The first-order valence-corrected chi connectivity index (χ1v) is 6.68. The summed E-state index contributed by atoms with van der Waals surface area (Å²) in [7, 11) is 1.85. The molecule has 0 N–H and O–H groups in total. The molecular weight excluding hydrogens is 264 g/mol. The molecule has 2 aromatic carbocycles. The molecule has 0 fully saturated rings. The van der Waals surface area contributed by atoms with E-state index in [1.54, 1.807) is 0 Å². The molecule has 1 aromatic heterocycles. The van der Waals surface area contributed by atoms with Gasteiger partial charge in [0.1, 0.15) is 17.2 Å². The van der Waals surface area contributed by atoms with E-state index >= 15 is 0 Å². The first kappa shape index (κ1) is 11.9. The number of hydrogen-bond donors (Lipinski definition) is 0. The van der Waals surface area contributed by atoms with E-state index in [9.17, 15) is 4.79 Å². The first-order valence-electron chi connectivity index (χ1n) is 6.68. The minimum atomic E-state index is 0.409. The van der Waals surface area contributed by atoms with Gasteiger partial charge in [-0.25, -0.2) is 4.98 Å². The molecule has 0 aliphatic carbocycles. The molecule has 4 rings (SSSR count). The van der Waals surface area contributed by atoms with E-state index in [1.165, 1.54) is 0 Å². The highest BCUT2D eigenvalue weighted by Gasteiger charge is 2.25. The van der Waals surface area contributed by atoms with E-state index in [0.29, 0.717) is 5.82 Å². The molecule has 0 unspecified atom stereocenters. The van der Waals surface area contributed by atoms with Crippen LogP contribution in [0.2, 0.25) is 0 Å². The normalized spacial score (nSPS) is 11.7. The van der Waals surface area contributed by atoms with Gasteiger partial charge < -0.3 is 9.30 Å². The summed E-state index contributed by atoms with van der Waals surface area (Å²) in [6.45, 7) is 0. The minimum absolute atomic E-state index is 0.409. The van der Waals surface area contributed by atoms with Crippen LogP contribution in [0.25, 0.3) is 22.5 Å².